The van der Waals surface area contributed by atoms with Crippen LogP contribution in [0, 0.1) is 15.2 Å². The molecule has 88 valence electrons. The maximum Gasteiger partial charge on any atom is 0.160 e. The molecule has 0 aliphatic rings. The first-order valence-corrected chi connectivity index (χ1v) is 5.89. The van der Waals surface area contributed by atoms with E-state index in [4.69, 9.17) is 0 Å². The second-order valence-electron chi connectivity index (χ2n) is 3.26. The van der Waals surface area contributed by atoms with E-state index in [0.717, 1.165) is 12.1 Å². The van der Waals surface area contributed by atoms with E-state index >= 15 is 0 Å². The van der Waals surface area contributed by atoms with Gasteiger partial charge < -0.3 is 5.32 Å². The van der Waals surface area contributed by atoms with Crippen molar-refractivity contribution in [1.29, 1.82) is 0 Å². The van der Waals surface area contributed by atoms with Crippen LogP contribution in [0.25, 0.3) is 0 Å². The maximum atomic E-state index is 13.0. The van der Waals surface area contributed by atoms with Gasteiger partial charge in [-0.3, -0.25) is 0 Å². The predicted octanol–water partition coefficient (Wildman–Crippen LogP) is 2.97. The van der Waals surface area contributed by atoms with Crippen molar-refractivity contribution in [3.05, 3.63) is 51.6 Å². The molecular formula is C11H8F2IN3. The molecule has 2 rings (SSSR count). The van der Waals surface area contributed by atoms with Crippen molar-refractivity contribution < 1.29 is 8.78 Å². The Labute approximate surface area is 110 Å². The fourth-order valence-corrected chi connectivity index (χ4v) is 1.87. The molecule has 3 nitrogen and oxygen atoms in total. The minimum atomic E-state index is -0.873. The quantitative estimate of drug-likeness (QED) is 0.685. The zero-order chi connectivity index (χ0) is 12.3. The van der Waals surface area contributed by atoms with Crippen LogP contribution in [0.5, 0.6) is 0 Å². The van der Waals surface area contributed by atoms with Crippen LogP contribution in [0.15, 0.2) is 30.6 Å². The lowest BCUT2D eigenvalue weighted by molar-refractivity contribution is 0.508. The van der Waals surface area contributed by atoms with Crippen molar-refractivity contribution in [3.8, 4) is 0 Å². The largest absolute Gasteiger partial charge is 0.377 e. The van der Waals surface area contributed by atoms with Crippen LogP contribution in [-0.4, -0.2) is 9.97 Å². The summed E-state index contributed by atoms with van der Waals surface area (Å²) in [7, 11) is 0. The van der Waals surface area contributed by atoms with Gasteiger partial charge >= 0.3 is 0 Å². The third-order valence-electron chi connectivity index (χ3n) is 2.07. The van der Waals surface area contributed by atoms with Crippen molar-refractivity contribution in [1.82, 2.24) is 9.97 Å². The van der Waals surface area contributed by atoms with Crippen LogP contribution in [0.4, 0.5) is 14.5 Å². The summed E-state index contributed by atoms with van der Waals surface area (Å²) in [5.74, 6) is -1.13. The molecule has 6 heteroatoms. The van der Waals surface area contributed by atoms with Crippen molar-refractivity contribution in [2.75, 3.05) is 5.32 Å². The molecule has 0 saturated heterocycles. The smallest absolute Gasteiger partial charge is 0.160 e. The fraction of sp³-hybridized carbons (Fsp3) is 0.0909. The van der Waals surface area contributed by atoms with Crippen LogP contribution >= 0.6 is 22.6 Å². The van der Waals surface area contributed by atoms with Crippen LogP contribution < -0.4 is 5.32 Å². The van der Waals surface area contributed by atoms with E-state index in [1.807, 2.05) is 22.6 Å². The molecule has 2 aromatic rings. The molecule has 0 saturated carbocycles. The molecule has 0 bridgehead atoms. The first kappa shape index (κ1) is 12.2. The number of nitrogens with zero attached hydrogens (tertiary/aromatic N) is 2. The topological polar surface area (TPSA) is 37.8 Å². The number of aromatic nitrogens is 2. The molecule has 1 heterocycles. The van der Waals surface area contributed by atoms with Crippen molar-refractivity contribution in [2.45, 2.75) is 6.54 Å². The normalized spacial score (nSPS) is 10.3. The number of rotatable bonds is 3. The Morgan fingerprint density at radius 3 is 2.47 bits per heavy atom. The van der Waals surface area contributed by atoms with E-state index in [1.54, 1.807) is 18.5 Å². The van der Waals surface area contributed by atoms with Gasteiger partial charge in [-0.25, -0.2) is 18.7 Å². The Hall–Kier alpha value is -1.31. The number of hydrogen-bond donors (Lipinski definition) is 1. The lowest BCUT2D eigenvalue weighted by Gasteiger charge is -2.08. The van der Waals surface area contributed by atoms with Crippen LogP contribution in [0.1, 0.15) is 5.82 Å². The lowest BCUT2D eigenvalue weighted by Crippen LogP contribution is -2.05. The molecule has 0 radical (unpaired) electrons. The molecule has 1 N–H and O–H groups in total. The number of benzene rings is 1. The number of halogens is 3. The summed E-state index contributed by atoms with van der Waals surface area (Å²) in [5, 5.41) is 2.96. The minimum Gasteiger partial charge on any atom is -0.377 e. The van der Waals surface area contributed by atoms with Gasteiger partial charge in [0.25, 0.3) is 0 Å². The average Bonchev–Trinajstić information content (AvgIpc) is 2.33. The summed E-state index contributed by atoms with van der Waals surface area (Å²) < 4.78 is 26.5. The number of anilines is 1. The highest BCUT2D eigenvalue weighted by atomic mass is 127. The van der Waals surface area contributed by atoms with E-state index < -0.39 is 11.6 Å². The third-order valence-corrected chi connectivity index (χ3v) is 2.96. The Kier molecular flexibility index (Phi) is 3.82. The Morgan fingerprint density at radius 2 is 1.76 bits per heavy atom. The summed E-state index contributed by atoms with van der Waals surface area (Å²) >= 11 is 1.94. The van der Waals surface area contributed by atoms with E-state index in [1.165, 1.54) is 0 Å². The molecule has 0 fully saturated rings. The molecule has 0 atom stereocenters. The first-order valence-electron chi connectivity index (χ1n) is 4.81. The van der Waals surface area contributed by atoms with Gasteiger partial charge in [0.05, 0.1) is 12.2 Å². The molecule has 0 aliphatic heterocycles. The zero-order valence-corrected chi connectivity index (χ0v) is 10.8. The molecule has 0 spiro atoms. The first-order chi connectivity index (χ1) is 8.16. The average molecular weight is 347 g/mol. The molecule has 1 aromatic heterocycles. The number of nitrogens with one attached hydrogen (secondary N) is 1. The van der Waals surface area contributed by atoms with E-state index in [2.05, 4.69) is 15.3 Å². The van der Waals surface area contributed by atoms with Gasteiger partial charge in [0.2, 0.25) is 0 Å². The predicted molar refractivity (Wildman–Crippen MR) is 68.4 cm³/mol. The van der Waals surface area contributed by atoms with E-state index in [9.17, 15) is 8.78 Å². The highest BCUT2D eigenvalue weighted by Crippen LogP contribution is 2.21. The SMILES string of the molecule is Fc1cc(I)c(NCc2ncccn2)cc1F. The number of hydrogen-bond acceptors (Lipinski definition) is 3. The Bertz CT molecular complexity index is 520. The summed E-state index contributed by atoms with van der Waals surface area (Å²) in [5.41, 5.74) is 0.525. The van der Waals surface area contributed by atoms with Gasteiger partial charge in [0, 0.05) is 22.0 Å². The van der Waals surface area contributed by atoms with E-state index in [0.29, 0.717) is 21.6 Å². The van der Waals surface area contributed by atoms with E-state index in [-0.39, 0.29) is 0 Å². The summed E-state index contributed by atoms with van der Waals surface area (Å²) in [6.45, 7) is 0.363. The highest BCUT2D eigenvalue weighted by molar-refractivity contribution is 14.1. The monoisotopic (exact) mass is 347 g/mol. The van der Waals surface area contributed by atoms with Gasteiger partial charge in [0.1, 0.15) is 5.82 Å². The van der Waals surface area contributed by atoms with Crippen molar-refractivity contribution in [3.63, 3.8) is 0 Å². The molecule has 0 unspecified atom stereocenters. The summed E-state index contributed by atoms with van der Waals surface area (Å²) in [4.78, 5) is 8.04. The lowest BCUT2D eigenvalue weighted by atomic mass is 10.3. The Morgan fingerprint density at radius 1 is 1.12 bits per heavy atom. The second kappa shape index (κ2) is 5.35. The van der Waals surface area contributed by atoms with Gasteiger partial charge in [-0.05, 0) is 34.7 Å². The van der Waals surface area contributed by atoms with Crippen LogP contribution in [-0.2, 0) is 6.54 Å². The van der Waals surface area contributed by atoms with Gasteiger partial charge in [-0.15, -0.1) is 0 Å². The molecule has 17 heavy (non-hydrogen) atoms. The summed E-state index contributed by atoms with van der Waals surface area (Å²) in [6, 6.07) is 3.98. The zero-order valence-electron chi connectivity index (χ0n) is 8.62. The summed E-state index contributed by atoms with van der Waals surface area (Å²) in [6.07, 6.45) is 3.25. The van der Waals surface area contributed by atoms with Gasteiger partial charge in [-0.2, -0.15) is 0 Å². The van der Waals surface area contributed by atoms with Gasteiger partial charge in [0.15, 0.2) is 11.6 Å². The molecular weight excluding hydrogens is 339 g/mol. The van der Waals surface area contributed by atoms with Crippen LogP contribution in [0.3, 0.4) is 0 Å². The fourth-order valence-electron chi connectivity index (χ4n) is 1.25. The maximum absolute atomic E-state index is 13.0. The van der Waals surface area contributed by atoms with Crippen molar-refractivity contribution in [2.24, 2.45) is 0 Å². The van der Waals surface area contributed by atoms with Crippen LogP contribution in [0.2, 0.25) is 0 Å². The molecule has 1 aromatic carbocycles. The van der Waals surface area contributed by atoms with Gasteiger partial charge in [-0.1, -0.05) is 0 Å². The third kappa shape index (κ3) is 3.09. The highest BCUT2D eigenvalue weighted by Gasteiger charge is 2.07. The van der Waals surface area contributed by atoms with Crippen molar-refractivity contribution >= 4 is 28.3 Å². The minimum absolute atomic E-state index is 0.363. The molecule has 0 amide bonds. The molecule has 0 aliphatic carbocycles. The Balaban J connectivity index is 2.12. The standard InChI is InChI=1S/C11H8F2IN3/c12-7-4-9(14)10(5-8(7)13)17-6-11-15-2-1-3-16-11/h1-5,17H,6H2. The second-order valence-corrected chi connectivity index (χ2v) is 4.43.